The summed E-state index contributed by atoms with van der Waals surface area (Å²) >= 11 is 0. The van der Waals surface area contributed by atoms with Crippen LogP contribution in [0.4, 0.5) is 5.82 Å². The van der Waals surface area contributed by atoms with Gasteiger partial charge in [-0.3, -0.25) is 4.79 Å². The molecular formula is C18H17N3O4. The van der Waals surface area contributed by atoms with Gasteiger partial charge in [0.2, 0.25) is 5.82 Å². The van der Waals surface area contributed by atoms with Gasteiger partial charge in [-0.1, -0.05) is 6.07 Å². The van der Waals surface area contributed by atoms with Crippen molar-refractivity contribution in [1.29, 1.82) is 0 Å². The molecule has 0 saturated carbocycles. The van der Waals surface area contributed by atoms with E-state index in [4.69, 9.17) is 14.1 Å². The summed E-state index contributed by atoms with van der Waals surface area (Å²) in [6.07, 6.45) is 0. The third-order valence-electron chi connectivity index (χ3n) is 3.49. The molecule has 7 nitrogen and oxygen atoms in total. The fraction of sp³-hybridized carbons (Fsp3) is 0.167. The molecule has 0 fully saturated rings. The summed E-state index contributed by atoms with van der Waals surface area (Å²) < 4.78 is 15.3. The first-order chi connectivity index (χ1) is 12.2. The van der Waals surface area contributed by atoms with E-state index >= 15 is 0 Å². The molecule has 1 amide bonds. The van der Waals surface area contributed by atoms with Crippen molar-refractivity contribution < 1.29 is 18.9 Å². The summed E-state index contributed by atoms with van der Waals surface area (Å²) in [4.78, 5) is 12.4. The summed E-state index contributed by atoms with van der Waals surface area (Å²) in [5, 5.41) is 10.4. The minimum atomic E-state index is -0.332. The highest BCUT2D eigenvalue weighted by atomic mass is 16.6. The minimum Gasteiger partial charge on any atom is -0.497 e. The van der Waals surface area contributed by atoms with Gasteiger partial charge >= 0.3 is 0 Å². The van der Waals surface area contributed by atoms with Gasteiger partial charge < -0.3 is 14.8 Å². The van der Waals surface area contributed by atoms with Crippen LogP contribution in [-0.4, -0.2) is 29.9 Å². The number of rotatable bonds is 6. The van der Waals surface area contributed by atoms with Crippen LogP contribution in [0.2, 0.25) is 0 Å². The van der Waals surface area contributed by atoms with Crippen molar-refractivity contribution in [3.8, 4) is 22.8 Å². The maximum Gasteiger partial charge on any atom is 0.257 e. The molecule has 0 spiro atoms. The number of aromatic nitrogens is 2. The van der Waals surface area contributed by atoms with Crippen LogP contribution < -0.4 is 14.8 Å². The largest absolute Gasteiger partial charge is 0.497 e. The predicted molar refractivity (Wildman–Crippen MR) is 91.9 cm³/mol. The first-order valence-electron chi connectivity index (χ1n) is 7.72. The number of carbonyl (C=O) groups excluding carboxylic acids is 1. The van der Waals surface area contributed by atoms with Crippen LogP contribution in [0.15, 0.2) is 53.2 Å². The van der Waals surface area contributed by atoms with E-state index in [0.29, 0.717) is 23.6 Å². The Kier molecular flexibility index (Phi) is 4.94. The second-order valence-electron chi connectivity index (χ2n) is 5.10. The van der Waals surface area contributed by atoms with Crippen LogP contribution in [0.1, 0.15) is 17.3 Å². The first kappa shape index (κ1) is 16.5. The van der Waals surface area contributed by atoms with E-state index in [9.17, 15) is 4.79 Å². The van der Waals surface area contributed by atoms with Crippen LogP contribution >= 0.6 is 0 Å². The van der Waals surface area contributed by atoms with Gasteiger partial charge in [0, 0.05) is 11.1 Å². The molecule has 0 atom stereocenters. The first-order valence-corrected chi connectivity index (χ1v) is 7.72. The molecule has 0 aliphatic carbocycles. The molecule has 0 saturated heterocycles. The Hall–Kier alpha value is -3.35. The third kappa shape index (κ3) is 3.77. The molecule has 25 heavy (non-hydrogen) atoms. The van der Waals surface area contributed by atoms with Gasteiger partial charge in [0.25, 0.3) is 5.91 Å². The van der Waals surface area contributed by atoms with Gasteiger partial charge in [0.15, 0.2) is 5.69 Å². The zero-order chi connectivity index (χ0) is 17.6. The Bertz CT molecular complexity index is 859. The Morgan fingerprint density at radius 1 is 1.12 bits per heavy atom. The van der Waals surface area contributed by atoms with Gasteiger partial charge in [0.1, 0.15) is 11.5 Å². The van der Waals surface area contributed by atoms with Crippen molar-refractivity contribution in [2.45, 2.75) is 6.92 Å². The molecule has 2 aromatic carbocycles. The molecule has 3 aromatic rings. The number of nitrogens with one attached hydrogen (secondary N) is 1. The van der Waals surface area contributed by atoms with Crippen LogP contribution in [0.3, 0.4) is 0 Å². The maximum absolute atomic E-state index is 12.4. The molecule has 1 heterocycles. The molecule has 128 valence electrons. The van der Waals surface area contributed by atoms with E-state index in [1.54, 1.807) is 31.4 Å². The lowest BCUT2D eigenvalue weighted by Crippen LogP contribution is -2.12. The number of anilines is 1. The van der Waals surface area contributed by atoms with Gasteiger partial charge in [-0.15, -0.1) is 0 Å². The fourth-order valence-corrected chi connectivity index (χ4v) is 2.28. The average molecular weight is 339 g/mol. The molecule has 1 aromatic heterocycles. The molecular weight excluding hydrogens is 322 g/mol. The maximum atomic E-state index is 12.4. The minimum absolute atomic E-state index is 0.247. The molecule has 1 N–H and O–H groups in total. The SMILES string of the molecule is CCOc1ccc(-c2nonc2NC(=O)c2cccc(OC)c2)cc1. The zero-order valence-electron chi connectivity index (χ0n) is 13.9. The summed E-state index contributed by atoms with van der Waals surface area (Å²) in [5.41, 5.74) is 1.64. The molecule has 0 radical (unpaired) electrons. The molecule has 3 rings (SSSR count). The lowest BCUT2D eigenvalue weighted by Gasteiger charge is -2.06. The zero-order valence-corrected chi connectivity index (χ0v) is 13.9. The topological polar surface area (TPSA) is 86.5 Å². The molecule has 7 heteroatoms. The van der Waals surface area contributed by atoms with Crippen molar-refractivity contribution >= 4 is 11.7 Å². The lowest BCUT2D eigenvalue weighted by molar-refractivity contribution is 0.102. The number of hydrogen-bond acceptors (Lipinski definition) is 6. The summed E-state index contributed by atoms with van der Waals surface area (Å²) in [6.45, 7) is 2.51. The monoisotopic (exact) mass is 339 g/mol. The number of benzene rings is 2. The quantitative estimate of drug-likeness (QED) is 0.741. The highest BCUT2D eigenvalue weighted by Gasteiger charge is 2.16. The number of carbonyl (C=O) groups is 1. The number of amides is 1. The molecule has 0 aliphatic heterocycles. The molecule has 0 aliphatic rings. The predicted octanol–water partition coefficient (Wildman–Crippen LogP) is 3.40. The van der Waals surface area contributed by atoms with E-state index in [1.165, 1.54) is 0 Å². The second kappa shape index (κ2) is 7.48. The normalized spacial score (nSPS) is 10.3. The highest BCUT2D eigenvalue weighted by Crippen LogP contribution is 2.26. The number of nitrogens with zero attached hydrogens (tertiary/aromatic N) is 2. The second-order valence-corrected chi connectivity index (χ2v) is 5.10. The fourth-order valence-electron chi connectivity index (χ4n) is 2.28. The van der Waals surface area contributed by atoms with E-state index in [0.717, 1.165) is 11.3 Å². The van der Waals surface area contributed by atoms with Crippen molar-refractivity contribution in [2.75, 3.05) is 19.0 Å². The average Bonchev–Trinajstić information content (AvgIpc) is 3.11. The number of hydrogen-bond donors (Lipinski definition) is 1. The van der Waals surface area contributed by atoms with E-state index < -0.39 is 0 Å². The Labute approximate surface area is 144 Å². The van der Waals surface area contributed by atoms with Gasteiger partial charge in [-0.05, 0) is 59.7 Å². The summed E-state index contributed by atoms with van der Waals surface area (Å²) in [5.74, 6) is 1.26. The van der Waals surface area contributed by atoms with Gasteiger partial charge in [0.05, 0.1) is 13.7 Å². The highest BCUT2D eigenvalue weighted by molar-refractivity contribution is 6.05. The van der Waals surface area contributed by atoms with Crippen LogP contribution in [-0.2, 0) is 0 Å². The van der Waals surface area contributed by atoms with Crippen LogP contribution in [0, 0.1) is 0 Å². The standard InChI is InChI=1S/C18H17N3O4/c1-3-24-14-9-7-12(8-10-14)16-17(21-25-20-16)19-18(22)13-5-4-6-15(11-13)23-2/h4-11H,3H2,1-2H3,(H,19,21,22). The number of ether oxygens (including phenoxy) is 2. The molecule has 0 unspecified atom stereocenters. The van der Waals surface area contributed by atoms with Gasteiger partial charge in [-0.25, -0.2) is 4.63 Å². The van der Waals surface area contributed by atoms with Crippen molar-refractivity contribution in [3.05, 3.63) is 54.1 Å². The molecule has 0 bridgehead atoms. The number of methoxy groups -OCH3 is 1. The van der Waals surface area contributed by atoms with E-state index in [2.05, 4.69) is 15.6 Å². The Morgan fingerprint density at radius 3 is 2.64 bits per heavy atom. The van der Waals surface area contributed by atoms with Crippen molar-refractivity contribution in [3.63, 3.8) is 0 Å². The summed E-state index contributed by atoms with van der Waals surface area (Å²) in [7, 11) is 1.54. The van der Waals surface area contributed by atoms with E-state index in [1.807, 2.05) is 31.2 Å². The third-order valence-corrected chi connectivity index (χ3v) is 3.49. The lowest BCUT2D eigenvalue weighted by atomic mass is 10.1. The van der Waals surface area contributed by atoms with Crippen molar-refractivity contribution in [1.82, 2.24) is 10.3 Å². The Balaban J connectivity index is 1.80. The smallest absolute Gasteiger partial charge is 0.257 e. The summed E-state index contributed by atoms with van der Waals surface area (Å²) in [6, 6.07) is 14.1. The van der Waals surface area contributed by atoms with Gasteiger partial charge in [-0.2, -0.15) is 0 Å². The Morgan fingerprint density at radius 2 is 1.92 bits per heavy atom. The van der Waals surface area contributed by atoms with Crippen LogP contribution in [0.5, 0.6) is 11.5 Å². The van der Waals surface area contributed by atoms with Crippen LogP contribution in [0.25, 0.3) is 11.3 Å². The van der Waals surface area contributed by atoms with E-state index in [-0.39, 0.29) is 11.7 Å². The van der Waals surface area contributed by atoms with Crippen molar-refractivity contribution in [2.24, 2.45) is 0 Å².